The largest absolute Gasteiger partial charge is 0.481 e. The van der Waals surface area contributed by atoms with Gasteiger partial charge in [0.2, 0.25) is 11.8 Å². The second-order valence-corrected chi connectivity index (χ2v) is 26.9. The van der Waals surface area contributed by atoms with Crippen LogP contribution < -0.4 is 25.8 Å². The van der Waals surface area contributed by atoms with Gasteiger partial charge in [0.1, 0.15) is 59.9 Å². The molecule has 9 heterocycles. The van der Waals surface area contributed by atoms with E-state index >= 15 is 0 Å². The van der Waals surface area contributed by atoms with E-state index in [-0.39, 0.29) is 72.9 Å². The molecule has 0 saturated heterocycles. The second-order valence-electron chi connectivity index (χ2n) is 21.0. The number of thiazole rings is 6. The Morgan fingerprint density at radius 2 is 1.44 bits per heavy atom. The van der Waals surface area contributed by atoms with E-state index in [1.165, 1.54) is 82.2 Å². The standard InChI is InChI=1S/C60H58N12O10S6/c1-29(2)36-19-42(73)50-31(4)87-59(70-50)38(20-45(74)61-5)64-53(80)40-26-83-55(66-40)35-15-16-37(57-68-44(28-86-57)72-22-32(11-10-14-47(76)77)17-33(23-72)18-48(78)79)63-51(35)39-25-84-58(65-39)41-27-85-60(67-41)49(30(3)34-12-8-7-9-13-34)69-46(75)21-62-54(81)52-43(24-82-6)88-56(36)71-52/h7-9,12-13,15-17,22-23,25-30,36,38,49H,10-11,14,18-21,24H2,1-6H3,(H5-,61,62,64,69,74,75,76,77,78,79,80,81)/p+1/t30-,36?,38-,49-/m0/s1. The summed E-state index contributed by atoms with van der Waals surface area (Å²) in [6.45, 7) is 7.33. The van der Waals surface area contributed by atoms with E-state index in [1.807, 2.05) is 73.3 Å². The van der Waals surface area contributed by atoms with Crippen LogP contribution in [0.4, 0.5) is 0 Å². The van der Waals surface area contributed by atoms with E-state index in [4.69, 9.17) is 39.6 Å². The first-order valence-electron chi connectivity index (χ1n) is 27.8. The molecule has 1 aliphatic rings. The highest BCUT2D eigenvalue weighted by Gasteiger charge is 2.33. The molecule has 0 radical (unpaired) electrons. The number of carboxylic acids is 2. The second kappa shape index (κ2) is 27.8. The highest BCUT2D eigenvalue weighted by atomic mass is 32.1. The normalized spacial score (nSPS) is 16.1. The van der Waals surface area contributed by atoms with Crippen molar-refractivity contribution < 1.29 is 53.1 Å². The lowest BCUT2D eigenvalue weighted by molar-refractivity contribution is -0.600. The van der Waals surface area contributed by atoms with Crippen molar-refractivity contribution in [3.05, 3.63) is 141 Å². The van der Waals surface area contributed by atoms with Crippen LogP contribution in [0.5, 0.6) is 0 Å². The molecular weight excluding hydrogens is 1240 g/mol. The van der Waals surface area contributed by atoms with Gasteiger partial charge in [0.15, 0.2) is 5.78 Å². The Labute approximate surface area is 528 Å². The van der Waals surface area contributed by atoms with Crippen LogP contribution in [-0.2, 0) is 43.4 Å². The van der Waals surface area contributed by atoms with Crippen LogP contribution >= 0.6 is 68.0 Å². The lowest BCUT2D eigenvalue weighted by atomic mass is 9.90. The number of amides is 4. The van der Waals surface area contributed by atoms with Crippen LogP contribution in [0.2, 0.25) is 0 Å². The van der Waals surface area contributed by atoms with Gasteiger partial charge in [-0.25, -0.2) is 34.5 Å². The fraction of sp³-hybridized carbons (Fsp3) is 0.317. The molecule has 0 spiro atoms. The molecule has 10 rings (SSSR count). The molecule has 10 bridgehead atoms. The number of hydrogen-bond donors (Lipinski definition) is 6. The lowest BCUT2D eigenvalue weighted by Crippen LogP contribution is -2.40. The molecule has 0 aliphatic carbocycles. The zero-order valence-corrected chi connectivity index (χ0v) is 53.2. The Kier molecular flexibility index (Phi) is 19.9. The topological polar surface area (TPSA) is 311 Å². The number of carboxylic acid groups (broad SMARTS) is 2. The first kappa shape index (κ1) is 62.8. The molecule has 6 N–H and O–H groups in total. The van der Waals surface area contributed by atoms with Crippen LogP contribution in [-0.4, -0.2) is 107 Å². The Hall–Kier alpha value is -8.25. The van der Waals surface area contributed by atoms with Gasteiger partial charge in [-0.1, -0.05) is 62.4 Å². The SMILES string of the molecule is CNC(=O)C[C@@H]1NC(=O)c2csc(n2)-c2ccc(-c3nc(-[n+]4cc(CCCC(=O)O)cc(CC(=O)O)c4)cs3)nc2-c2csc(n2)-c2csc(n2)[C@H]([C@@H](C)c2ccccc2)NC(=O)CNC(=O)c2nc(sc2COC)C(C(C)C)CC(=O)c2nc1sc2C. The number of pyridine rings is 2. The number of aromatic nitrogens is 8. The third-order valence-corrected chi connectivity index (χ3v) is 20.2. The van der Waals surface area contributed by atoms with Gasteiger partial charge >= 0.3 is 17.8 Å². The van der Waals surface area contributed by atoms with E-state index < -0.39 is 54.2 Å². The third kappa shape index (κ3) is 14.7. The number of aryl methyl sites for hydroxylation is 2. The number of carbonyl (C=O) groups is 7. The maximum Gasteiger partial charge on any atom is 0.339 e. The molecule has 4 amide bonds. The number of ether oxygens (including phenoxy) is 1. The number of hydrogen-bond acceptors (Lipinski definition) is 21. The number of nitrogens with zero attached hydrogens (tertiary/aromatic N) is 8. The number of Topliss-reactive ketones (excluding diaryl/α,β-unsaturated/α-hetero) is 1. The van der Waals surface area contributed by atoms with Crippen molar-refractivity contribution >= 4 is 109 Å². The number of rotatable bonds is 15. The van der Waals surface area contributed by atoms with Gasteiger partial charge in [0.25, 0.3) is 16.8 Å². The molecule has 28 heteroatoms. The minimum Gasteiger partial charge on any atom is -0.481 e. The molecule has 0 saturated carbocycles. The molecule has 454 valence electrons. The maximum absolute atomic E-state index is 14.4. The van der Waals surface area contributed by atoms with Crippen LogP contribution in [0.25, 0.3) is 49.2 Å². The molecule has 88 heavy (non-hydrogen) atoms. The average molecular weight is 1300 g/mol. The summed E-state index contributed by atoms with van der Waals surface area (Å²) in [5.74, 6) is -4.67. The van der Waals surface area contributed by atoms with Gasteiger partial charge in [0, 0.05) is 71.0 Å². The number of fused-ring (bicyclic) bond motifs is 14. The average Bonchev–Trinajstić information content (AvgIpc) is 2.39. The quantitative estimate of drug-likeness (QED) is 0.0520. The number of ketones is 1. The van der Waals surface area contributed by atoms with Gasteiger partial charge < -0.3 is 36.2 Å². The van der Waals surface area contributed by atoms with Gasteiger partial charge in [0.05, 0.1) is 65.7 Å². The first-order chi connectivity index (χ1) is 42.3. The predicted octanol–water partition coefficient (Wildman–Crippen LogP) is 9.58. The molecule has 8 aromatic heterocycles. The minimum absolute atomic E-state index is 0.0211. The molecule has 1 aliphatic heterocycles. The van der Waals surface area contributed by atoms with Crippen molar-refractivity contribution in [1.29, 1.82) is 0 Å². The fourth-order valence-corrected chi connectivity index (χ4v) is 15.6. The minimum atomic E-state index is -1.02. The summed E-state index contributed by atoms with van der Waals surface area (Å²) >= 11 is 7.62. The Balaban J connectivity index is 1.06. The highest BCUT2D eigenvalue weighted by Crippen LogP contribution is 2.41. The summed E-state index contributed by atoms with van der Waals surface area (Å²) in [4.78, 5) is 129. The van der Waals surface area contributed by atoms with Crippen LogP contribution in [0, 0.1) is 12.8 Å². The van der Waals surface area contributed by atoms with E-state index in [0.29, 0.717) is 92.4 Å². The van der Waals surface area contributed by atoms with E-state index in [2.05, 4.69) is 21.3 Å². The van der Waals surface area contributed by atoms with Crippen molar-refractivity contribution in [2.24, 2.45) is 5.92 Å². The van der Waals surface area contributed by atoms with Crippen molar-refractivity contribution in [2.45, 2.75) is 96.7 Å². The third-order valence-electron chi connectivity index (χ3n) is 14.4. The lowest BCUT2D eigenvalue weighted by Gasteiger charge is -2.24. The van der Waals surface area contributed by atoms with Gasteiger partial charge in [-0.3, -0.25) is 33.6 Å². The summed E-state index contributed by atoms with van der Waals surface area (Å²) in [6.07, 6.45) is 3.73. The van der Waals surface area contributed by atoms with E-state index in [1.54, 1.807) is 41.4 Å². The van der Waals surface area contributed by atoms with Gasteiger partial charge in [-0.05, 0) is 60.0 Å². The fourth-order valence-electron chi connectivity index (χ4n) is 9.87. The zero-order chi connectivity index (χ0) is 62.3. The summed E-state index contributed by atoms with van der Waals surface area (Å²) in [6, 6.07) is 13.4. The Bertz CT molecular complexity index is 4090. The number of benzene rings is 1. The van der Waals surface area contributed by atoms with Crippen molar-refractivity contribution in [1.82, 2.24) is 56.2 Å². The molecule has 9 aromatic rings. The van der Waals surface area contributed by atoms with Crippen LogP contribution in [0.15, 0.2) is 82.4 Å². The number of methoxy groups -OCH3 is 1. The van der Waals surface area contributed by atoms with E-state index in [9.17, 15) is 43.8 Å². The zero-order valence-electron chi connectivity index (χ0n) is 48.3. The molecule has 1 unspecified atom stereocenters. The molecule has 0 fully saturated rings. The van der Waals surface area contributed by atoms with Gasteiger partial charge in [-0.2, -0.15) is 0 Å². The van der Waals surface area contributed by atoms with Crippen LogP contribution in [0.1, 0.15) is 143 Å². The molecule has 4 atom stereocenters. The predicted molar refractivity (Wildman–Crippen MR) is 335 cm³/mol. The summed E-state index contributed by atoms with van der Waals surface area (Å²) < 4.78 is 7.22. The smallest absolute Gasteiger partial charge is 0.339 e. The van der Waals surface area contributed by atoms with Crippen molar-refractivity contribution in [2.75, 3.05) is 20.7 Å². The maximum atomic E-state index is 14.4. The summed E-state index contributed by atoms with van der Waals surface area (Å²) in [5, 5.41) is 40.5. The van der Waals surface area contributed by atoms with Crippen molar-refractivity contribution in [3.8, 4) is 49.2 Å². The molecule has 22 nitrogen and oxygen atoms in total. The number of nitrogens with one attached hydrogen (secondary N) is 4. The monoisotopic (exact) mass is 1300 g/mol. The van der Waals surface area contributed by atoms with E-state index in [0.717, 1.165) is 11.1 Å². The van der Waals surface area contributed by atoms with Crippen molar-refractivity contribution in [3.63, 3.8) is 0 Å². The Morgan fingerprint density at radius 1 is 0.727 bits per heavy atom. The molecule has 1 aromatic carbocycles. The summed E-state index contributed by atoms with van der Waals surface area (Å²) in [7, 11) is 2.99. The van der Waals surface area contributed by atoms with Crippen LogP contribution in [0.3, 0.4) is 0 Å². The molecular formula is C60H59N12O10S6+. The summed E-state index contributed by atoms with van der Waals surface area (Å²) in [5.41, 5.74) is 4.88. The highest BCUT2D eigenvalue weighted by molar-refractivity contribution is 7.15. The Morgan fingerprint density at radius 3 is 2.19 bits per heavy atom. The number of carbonyl (C=O) groups excluding carboxylic acids is 5. The van der Waals surface area contributed by atoms with Gasteiger partial charge in [-0.15, -0.1) is 56.7 Å². The number of aliphatic carboxylic acids is 2. The first-order valence-corrected chi connectivity index (χ1v) is 32.9.